The number of carbonyl (C=O) groups excluding carboxylic acids is 2. The van der Waals surface area contributed by atoms with Crippen molar-refractivity contribution in [3.05, 3.63) is 12.2 Å². The molecule has 1 aliphatic rings. The van der Waals surface area contributed by atoms with E-state index in [1.807, 2.05) is 0 Å². The van der Waals surface area contributed by atoms with Gasteiger partial charge in [-0.1, -0.05) is 0 Å². The fourth-order valence-electron chi connectivity index (χ4n) is 1.31. The molecule has 5 heteroatoms. The van der Waals surface area contributed by atoms with Gasteiger partial charge in [-0.15, -0.1) is 0 Å². The van der Waals surface area contributed by atoms with Crippen LogP contribution in [0.3, 0.4) is 0 Å². The molecule has 0 saturated carbocycles. The van der Waals surface area contributed by atoms with E-state index in [2.05, 4.69) is 0 Å². The van der Waals surface area contributed by atoms with Gasteiger partial charge in [0.2, 0.25) is 0 Å². The van der Waals surface area contributed by atoms with E-state index >= 15 is 0 Å². The minimum absolute atomic E-state index is 0.0434. The summed E-state index contributed by atoms with van der Waals surface area (Å²) in [7, 11) is 0. The summed E-state index contributed by atoms with van der Waals surface area (Å²) in [5.41, 5.74) is 0. The molecule has 0 saturated heterocycles. The summed E-state index contributed by atoms with van der Waals surface area (Å²) in [5, 5.41) is 8.43. The van der Waals surface area contributed by atoms with Crippen LogP contribution in [0.1, 0.15) is 19.8 Å². The van der Waals surface area contributed by atoms with Crippen LogP contribution in [0.4, 0.5) is 0 Å². The van der Waals surface area contributed by atoms with Crippen molar-refractivity contribution in [1.29, 1.82) is 0 Å². The molecular weight excluding hydrogens is 186 g/mol. The third-order valence-corrected chi connectivity index (χ3v) is 2.06. The first-order chi connectivity index (χ1) is 6.52. The lowest BCUT2D eigenvalue weighted by Gasteiger charge is -2.21. The second-order valence-corrected chi connectivity index (χ2v) is 3.16. The maximum absolute atomic E-state index is 11.1. The highest BCUT2D eigenvalue weighted by Crippen LogP contribution is 2.12. The average Bonchev–Trinajstić information content (AvgIpc) is 2.42. The zero-order chi connectivity index (χ0) is 10.7. The molecule has 0 radical (unpaired) electrons. The van der Waals surface area contributed by atoms with E-state index in [-0.39, 0.29) is 30.7 Å². The summed E-state index contributed by atoms with van der Waals surface area (Å²) >= 11 is 0. The minimum Gasteiger partial charge on any atom is -0.481 e. The van der Waals surface area contributed by atoms with Crippen LogP contribution in [-0.4, -0.2) is 33.8 Å². The Morgan fingerprint density at radius 3 is 2.36 bits per heavy atom. The van der Waals surface area contributed by atoms with Gasteiger partial charge in [0, 0.05) is 24.6 Å². The van der Waals surface area contributed by atoms with Crippen molar-refractivity contribution >= 4 is 17.8 Å². The standard InChI is InChI=1S/C9H11NO4/c1-6(2-5-9(13)14)10-7(11)3-4-8(10)12/h3-4,6H,2,5H2,1H3,(H,13,14). The van der Waals surface area contributed by atoms with Crippen LogP contribution >= 0.6 is 0 Å². The van der Waals surface area contributed by atoms with Crippen LogP contribution in [0.25, 0.3) is 0 Å². The lowest BCUT2D eigenvalue weighted by Crippen LogP contribution is -2.38. The predicted octanol–water partition coefficient (Wildman–Crippen LogP) is 0.165. The van der Waals surface area contributed by atoms with Crippen molar-refractivity contribution in [1.82, 2.24) is 4.90 Å². The Labute approximate surface area is 81.0 Å². The first kappa shape index (κ1) is 10.4. The molecule has 2 amide bonds. The van der Waals surface area contributed by atoms with Crippen molar-refractivity contribution in [3.8, 4) is 0 Å². The molecule has 14 heavy (non-hydrogen) atoms. The summed E-state index contributed by atoms with van der Waals surface area (Å²) in [6, 6.07) is -0.360. The van der Waals surface area contributed by atoms with Crippen LogP contribution in [0.5, 0.6) is 0 Å². The quantitative estimate of drug-likeness (QED) is 0.651. The smallest absolute Gasteiger partial charge is 0.303 e. The van der Waals surface area contributed by atoms with E-state index in [1.165, 1.54) is 12.2 Å². The van der Waals surface area contributed by atoms with E-state index in [9.17, 15) is 14.4 Å². The third-order valence-electron chi connectivity index (χ3n) is 2.06. The summed E-state index contributed by atoms with van der Waals surface area (Å²) < 4.78 is 0. The number of carboxylic acid groups (broad SMARTS) is 1. The molecule has 1 unspecified atom stereocenters. The van der Waals surface area contributed by atoms with E-state index in [0.717, 1.165) is 4.90 Å². The second-order valence-electron chi connectivity index (χ2n) is 3.16. The lowest BCUT2D eigenvalue weighted by molar-refractivity contribution is -0.142. The molecule has 0 aromatic carbocycles. The number of amides is 2. The molecule has 1 rings (SSSR count). The molecule has 0 fully saturated rings. The number of carboxylic acids is 1. The topological polar surface area (TPSA) is 74.7 Å². The van der Waals surface area contributed by atoms with Crippen LogP contribution in [0.15, 0.2) is 12.2 Å². The van der Waals surface area contributed by atoms with Crippen LogP contribution in [0, 0.1) is 0 Å². The van der Waals surface area contributed by atoms with Gasteiger partial charge in [0.1, 0.15) is 0 Å². The van der Waals surface area contributed by atoms with Gasteiger partial charge in [0.25, 0.3) is 11.8 Å². The molecule has 5 nitrogen and oxygen atoms in total. The predicted molar refractivity (Wildman–Crippen MR) is 47.3 cm³/mol. The molecule has 1 atom stereocenters. The maximum atomic E-state index is 11.1. The fourth-order valence-corrected chi connectivity index (χ4v) is 1.31. The minimum atomic E-state index is -0.927. The molecule has 1 aliphatic heterocycles. The molecule has 0 aliphatic carbocycles. The van der Waals surface area contributed by atoms with E-state index < -0.39 is 5.97 Å². The van der Waals surface area contributed by atoms with Crippen LogP contribution < -0.4 is 0 Å². The number of hydrogen-bond acceptors (Lipinski definition) is 3. The highest BCUT2D eigenvalue weighted by molar-refractivity contribution is 6.13. The first-order valence-electron chi connectivity index (χ1n) is 4.29. The Hall–Kier alpha value is -1.65. The number of imide groups is 1. The molecule has 76 valence electrons. The Kier molecular flexibility index (Phi) is 3.01. The summed E-state index contributed by atoms with van der Waals surface area (Å²) in [6.07, 6.45) is 2.63. The van der Waals surface area contributed by atoms with Crippen molar-refractivity contribution < 1.29 is 19.5 Å². The average molecular weight is 197 g/mol. The van der Waals surface area contributed by atoms with Gasteiger partial charge in [-0.2, -0.15) is 0 Å². The molecular formula is C9H11NO4. The Morgan fingerprint density at radius 2 is 1.93 bits per heavy atom. The van der Waals surface area contributed by atoms with E-state index in [4.69, 9.17) is 5.11 Å². The molecule has 0 aromatic rings. The summed E-state index contributed by atoms with van der Waals surface area (Å²) in [5.74, 6) is -1.66. The summed E-state index contributed by atoms with van der Waals surface area (Å²) in [4.78, 5) is 33.6. The van der Waals surface area contributed by atoms with Crippen LogP contribution in [0.2, 0.25) is 0 Å². The molecule has 1 N–H and O–H groups in total. The number of hydrogen-bond donors (Lipinski definition) is 1. The van der Waals surface area contributed by atoms with Gasteiger partial charge in [-0.05, 0) is 13.3 Å². The van der Waals surface area contributed by atoms with Gasteiger partial charge in [-0.3, -0.25) is 19.3 Å². The van der Waals surface area contributed by atoms with Crippen molar-refractivity contribution in [2.75, 3.05) is 0 Å². The zero-order valence-electron chi connectivity index (χ0n) is 7.77. The zero-order valence-corrected chi connectivity index (χ0v) is 7.77. The Morgan fingerprint density at radius 1 is 1.43 bits per heavy atom. The number of nitrogens with zero attached hydrogens (tertiary/aromatic N) is 1. The van der Waals surface area contributed by atoms with Gasteiger partial charge in [0.05, 0.1) is 0 Å². The summed E-state index contributed by atoms with van der Waals surface area (Å²) in [6.45, 7) is 1.66. The fraction of sp³-hybridized carbons (Fsp3) is 0.444. The normalized spacial score (nSPS) is 17.6. The maximum Gasteiger partial charge on any atom is 0.303 e. The van der Waals surface area contributed by atoms with Crippen molar-refractivity contribution in [2.45, 2.75) is 25.8 Å². The highest BCUT2D eigenvalue weighted by Gasteiger charge is 2.28. The molecule has 0 spiro atoms. The number of rotatable bonds is 4. The molecule has 0 aromatic heterocycles. The molecule has 0 bridgehead atoms. The van der Waals surface area contributed by atoms with Crippen molar-refractivity contribution in [2.24, 2.45) is 0 Å². The van der Waals surface area contributed by atoms with Crippen LogP contribution in [-0.2, 0) is 14.4 Å². The Bertz CT molecular complexity index is 290. The lowest BCUT2D eigenvalue weighted by atomic mass is 10.1. The van der Waals surface area contributed by atoms with Gasteiger partial charge in [0.15, 0.2) is 0 Å². The first-order valence-corrected chi connectivity index (χ1v) is 4.29. The van der Waals surface area contributed by atoms with E-state index in [1.54, 1.807) is 6.92 Å². The Balaban J connectivity index is 2.52. The molecule has 1 heterocycles. The van der Waals surface area contributed by atoms with Crippen molar-refractivity contribution in [3.63, 3.8) is 0 Å². The van der Waals surface area contributed by atoms with Gasteiger partial charge >= 0.3 is 5.97 Å². The van der Waals surface area contributed by atoms with E-state index in [0.29, 0.717) is 0 Å². The van der Waals surface area contributed by atoms with Gasteiger partial charge in [-0.25, -0.2) is 0 Å². The monoisotopic (exact) mass is 197 g/mol. The second kappa shape index (κ2) is 4.04. The largest absolute Gasteiger partial charge is 0.481 e. The highest BCUT2D eigenvalue weighted by atomic mass is 16.4. The number of carbonyl (C=O) groups is 3. The SMILES string of the molecule is CC(CCC(=O)O)N1C(=O)C=CC1=O. The number of aliphatic carboxylic acids is 1. The third kappa shape index (κ3) is 2.18. The van der Waals surface area contributed by atoms with Gasteiger partial charge < -0.3 is 5.11 Å².